The monoisotopic (exact) mass is 305 g/mol. The lowest BCUT2D eigenvalue weighted by Crippen LogP contribution is -2.39. The van der Waals surface area contributed by atoms with Crippen LogP contribution in [0.4, 0.5) is 4.79 Å². The molecule has 2 N–H and O–H groups in total. The zero-order valence-electron chi connectivity index (χ0n) is 12.0. The number of urea groups is 1. The zero-order chi connectivity index (χ0) is 14.7. The van der Waals surface area contributed by atoms with Crippen LogP contribution in [0.1, 0.15) is 40.1 Å². The molecule has 0 saturated carbocycles. The van der Waals surface area contributed by atoms with Crippen molar-refractivity contribution < 1.29 is 9.21 Å². The van der Waals surface area contributed by atoms with Crippen LogP contribution < -0.4 is 10.6 Å². The minimum atomic E-state index is -0.123. The molecule has 3 rings (SSSR count). The number of rotatable bonds is 4. The fraction of sp³-hybridized carbons (Fsp3) is 0.467. The fourth-order valence-electron chi connectivity index (χ4n) is 2.65. The summed E-state index contributed by atoms with van der Waals surface area (Å²) in [6, 6.07) is 1.90. The van der Waals surface area contributed by atoms with Crippen LogP contribution in [0.15, 0.2) is 22.9 Å². The summed E-state index contributed by atoms with van der Waals surface area (Å²) in [6.45, 7) is 2.64. The number of hydrogen-bond acceptors (Lipinski definition) is 4. The van der Waals surface area contributed by atoms with Gasteiger partial charge in [-0.3, -0.25) is 0 Å². The van der Waals surface area contributed by atoms with E-state index in [-0.39, 0.29) is 12.1 Å². The van der Waals surface area contributed by atoms with Crippen molar-refractivity contribution in [2.45, 2.75) is 38.6 Å². The van der Waals surface area contributed by atoms with Crippen molar-refractivity contribution in [2.24, 2.45) is 0 Å². The lowest BCUT2D eigenvalue weighted by molar-refractivity contribution is 0.235. The Kier molecular flexibility index (Phi) is 4.24. The molecule has 2 amide bonds. The van der Waals surface area contributed by atoms with Gasteiger partial charge in [-0.1, -0.05) is 0 Å². The maximum absolute atomic E-state index is 12.0. The van der Waals surface area contributed by atoms with Crippen molar-refractivity contribution >= 4 is 17.4 Å². The maximum Gasteiger partial charge on any atom is 0.315 e. The van der Waals surface area contributed by atoms with Gasteiger partial charge in [0.25, 0.3) is 0 Å². The zero-order valence-corrected chi connectivity index (χ0v) is 12.8. The Morgan fingerprint density at radius 1 is 1.57 bits per heavy atom. The third kappa shape index (κ3) is 3.44. The molecule has 2 aromatic rings. The second-order valence-electron chi connectivity index (χ2n) is 5.26. The second-order valence-corrected chi connectivity index (χ2v) is 6.58. The lowest BCUT2D eigenvalue weighted by Gasteiger charge is -2.22. The van der Waals surface area contributed by atoms with E-state index in [4.69, 9.17) is 4.42 Å². The van der Waals surface area contributed by atoms with Gasteiger partial charge < -0.3 is 15.1 Å². The molecular weight excluding hydrogens is 286 g/mol. The Hall–Kier alpha value is -1.82. The van der Waals surface area contributed by atoms with Crippen LogP contribution in [0.2, 0.25) is 0 Å². The molecule has 21 heavy (non-hydrogen) atoms. The van der Waals surface area contributed by atoms with Crippen LogP contribution >= 0.6 is 11.3 Å². The standard InChI is InChI=1S/C15H19N3O2S/c1-10-9-17-14(21-10)5-7-16-15(19)18-12-3-2-4-13-11(12)6-8-20-13/h6,8-9,12H,2-5,7H2,1H3,(H2,16,18,19)/t12-/m1/s1. The number of nitrogens with zero attached hydrogens (tertiary/aromatic N) is 1. The number of fused-ring (bicyclic) bond motifs is 1. The van der Waals surface area contributed by atoms with E-state index in [2.05, 4.69) is 15.6 Å². The van der Waals surface area contributed by atoms with Gasteiger partial charge in [0.05, 0.1) is 17.3 Å². The van der Waals surface area contributed by atoms with Gasteiger partial charge in [-0.25, -0.2) is 9.78 Å². The highest BCUT2D eigenvalue weighted by molar-refractivity contribution is 7.11. The van der Waals surface area contributed by atoms with E-state index in [1.54, 1.807) is 17.6 Å². The van der Waals surface area contributed by atoms with E-state index in [1.807, 2.05) is 19.2 Å². The summed E-state index contributed by atoms with van der Waals surface area (Å²) in [6.07, 6.45) is 7.31. The quantitative estimate of drug-likeness (QED) is 0.912. The van der Waals surface area contributed by atoms with E-state index in [9.17, 15) is 4.79 Å². The maximum atomic E-state index is 12.0. The Morgan fingerprint density at radius 2 is 2.48 bits per heavy atom. The summed E-state index contributed by atoms with van der Waals surface area (Å²) in [5.74, 6) is 1.00. The van der Waals surface area contributed by atoms with Crippen LogP contribution in [0.5, 0.6) is 0 Å². The molecule has 0 fully saturated rings. The molecule has 1 atom stereocenters. The SMILES string of the molecule is Cc1cnc(CCNC(=O)N[C@@H]2CCCc3occc32)s1. The number of amides is 2. The molecule has 2 aromatic heterocycles. The Labute approximate surface area is 127 Å². The van der Waals surface area contributed by atoms with Gasteiger partial charge in [-0.15, -0.1) is 11.3 Å². The summed E-state index contributed by atoms with van der Waals surface area (Å²) in [5, 5.41) is 6.98. The summed E-state index contributed by atoms with van der Waals surface area (Å²) >= 11 is 1.67. The van der Waals surface area contributed by atoms with E-state index in [0.29, 0.717) is 6.54 Å². The number of nitrogens with one attached hydrogen (secondary N) is 2. The van der Waals surface area contributed by atoms with Crippen LogP contribution in [0.3, 0.4) is 0 Å². The number of furan rings is 1. The molecule has 112 valence electrons. The molecule has 0 aromatic carbocycles. The van der Waals surface area contributed by atoms with Crippen LogP contribution in [-0.2, 0) is 12.8 Å². The van der Waals surface area contributed by atoms with Crippen molar-refractivity contribution in [2.75, 3.05) is 6.54 Å². The minimum Gasteiger partial charge on any atom is -0.469 e. The van der Waals surface area contributed by atoms with Gasteiger partial charge in [0, 0.05) is 36.0 Å². The largest absolute Gasteiger partial charge is 0.469 e. The molecule has 0 saturated heterocycles. The molecule has 2 heterocycles. The van der Waals surface area contributed by atoms with Crippen molar-refractivity contribution in [1.29, 1.82) is 0 Å². The first-order valence-corrected chi connectivity index (χ1v) is 8.06. The predicted molar refractivity (Wildman–Crippen MR) is 81.5 cm³/mol. The second kappa shape index (κ2) is 6.30. The summed E-state index contributed by atoms with van der Waals surface area (Å²) in [7, 11) is 0. The van der Waals surface area contributed by atoms with Crippen molar-refractivity contribution in [1.82, 2.24) is 15.6 Å². The van der Waals surface area contributed by atoms with Crippen molar-refractivity contribution in [3.8, 4) is 0 Å². The first-order chi connectivity index (χ1) is 10.2. The molecule has 5 nitrogen and oxygen atoms in total. The van der Waals surface area contributed by atoms with Gasteiger partial charge in [0.15, 0.2) is 0 Å². The Balaban J connectivity index is 1.47. The Bertz CT molecular complexity index is 620. The van der Waals surface area contributed by atoms with E-state index in [0.717, 1.165) is 42.0 Å². The fourth-order valence-corrected chi connectivity index (χ4v) is 3.43. The number of hydrogen-bond donors (Lipinski definition) is 2. The smallest absolute Gasteiger partial charge is 0.315 e. The summed E-state index contributed by atoms with van der Waals surface area (Å²) < 4.78 is 5.43. The highest BCUT2D eigenvalue weighted by Crippen LogP contribution is 2.30. The third-order valence-corrected chi connectivity index (χ3v) is 4.62. The van der Waals surface area contributed by atoms with Crippen LogP contribution in [0.25, 0.3) is 0 Å². The summed E-state index contributed by atoms with van der Waals surface area (Å²) in [4.78, 5) is 17.5. The van der Waals surface area contributed by atoms with E-state index >= 15 is 0 Å². The van der Waals surface area contributed by atoms with Crippen LogP contribution in [-0.4, -0.2) is 17.6 Å². The third-order valence-electron chi connectivity index (χ3n) is 3.65. The summed E-state index contributed by atoms with van der Waals surface area (Å²) in [5.41, 5.74) is 1.12. The lowest BCUT2D eigenvalue weighted by atomic mass is 9.93. The molecule has 0 unspecified atom stereocenters. The highest BCUT2D eigenvalue weighted by atomic mass is 32.1. The number of aromatic nitrogens is 1. The predicted octanol–water partition coefficient (Wildman–Crippen LogP) is 2.96. The average molecular weight is 305 g/mol. The normalized spacial score (nSPS) is 17.3. The molecular formula is C15H19N3O2S. The van der Waals surface area contributed by atoms with Gasteiger partial charge in [-0.05, 0) is 25.8 Å². The molecule has 0 spiro atoms. The number of carbonyl (C=O) groups is 1. The van der Waals surface area contributed by atoms with Gasteiger partial charge >= 0.3 is 6.03 Å². The van der Waals surface area contributed by atoms with Gasteiger partial charge in [0.1, 0.15) is 5.76 Å². The molecule has 0 bridgehead atoms. The van der Waals surface area contributed by atoms with E-state index < -0.39 is 0 Å². The average Bonchev–Trinajstić information content (AvgIpc) is 3.08. The minimum absolute atomic E-state index is 0.0645. The first kappa shape index (κ1) is 14.1. The molecule has 0 radical (unpaired) electrons. The Morgan fingerprint density at radius 3 is 3.29 bits per heavy atom. The van der Waals surface area contributed by atoms with Crippen molar-refractivity contribution in [3.05, 3.63) is 39.7 Å². The van der Waals surface area contributed by atoms with Gasteiger partial charge in [-0.2, -0.15) is 0 Å². The van der Waals surface area contributed by atoms with Gasteiger partial charge in [0.2, 0.25) is 0 Å². The molecule has 6 heteroatoms. The number of thiazole rings is 1. The highest BCUT2D eigenvalue weighted by Gasteiger charge is 2.23. The number of carbonyl (C=O) groups excluding carboxylic acids is 1. The molecule has 1 aliphatic rings. The van der Waals surface area contributed by atoms with Crippen LogP contribution in [0, 0.1) is 6.92 Å². The first-order valence-electron chi connectivity index (χ1n) is 7.24. The molecule has 1 aliphatic carbocycles. The van der Waals surface area contributed by atoms with E-state index in [1.165, 1.54) is 4.88 Å². The topological polar surface area (TPSA) is 67.2 Å². The number of aryl methyl sites for hydroxylation is 2. The molecule has 0 aliphatic heterocycles. The van der Waals surface area contributed by atoms with Crippen molar-refractivity contribution in [3.63, 3.8) is 0 Å².